The van der Waals surface area contributed by atoms with Crippen molar-refractivity contribution in [2.45, 2.75) is 13.0 Å². The van der Waals surface area contributed by atoms with Crippen molar-refractivity contribution in [2.24, 2.45) is 0 Å². The number of nitrogens with zero attached hydrogens (tertiary/aromatic N) is 1. The van der Waals surface area contributed by atoms with Crippen molar-refractivity contribution in [3.8, 4) is 5.88 Å². The van der Waals surface area contributed by atoms with Crippen molar-refractivity contribution < 1.29 is 4.74 Å². The monoisotopic (exact) mass is 192 g/mol. The maximum Gasteiger partial charge on any atom is 0.213 e. The molecule has 0 atom stereocenters. The van der Waals surface area contributed by atoms with E-state index >= 15 is 0 Å². The zero-order valence-corrected chi connectivity index (χ0v) is 8.49. The number of pyridine rings is 1. The topological polar surface area (TPSA) is 34.1 Å². The van der Waals surface area contributed by atoms with Gasteiger partial charge in [-0.1, -0.05) is 12.1 Å². The van der Waals surface area contributed by atoms with Gasteiger partial charge >= 0.3 is 0 Å². The fourth-order valence-corrected chi connectivity index (χ4v) is 1.06. The third-order valence-corrected chi connectivity index (χ3v) is 1.71. The van der Waals surface area contributed by atoms with Crippen LogP contribution in [0.4, 0.5) is 0 Å². The first-order valence-corrected chi connectivity index (χ1v) is 4.71. The van der Waals surface area contributed by atoms with Crippen molar-refractivity contribution in [3.05, 3.63) is 36.5 Å². The van der Waals surface area contributed by atoms with Gasteiger partial charge in [-0.15, -0.1) is 6.58 Å². The summed E-state index contributed by atoms with van der Waals surface area (Å²) in [5.74, 6) is 0.680. The first-order valence-electron chi connectivity index (χ1n) is 4.71. The van der Waals surface area contributed by atoms with Gasteiger partial charge in [0.15, 0.2) is 0 Å². The lowest BCUT2D eigenvalue weighted by molar-refractivity contribution is 0.311. The molecule has 3 nitrogen and oxygen atoms in total. The van der Waals surface area contributed by atoms with Crippen LogP contribution in [0.2, 0.25) is 0 Å². The van der Waals surface area contributed by atoms with Crippen LogP contribution in [0.3, 0.4) is 0 Å². The molecule has 0 spiro atoms. The van der Waals surface area contributed by atoms with Crippen LogP contribution >= 0.6 is 0 Å². The maximum atomic E-state index is 5.42. The zero-order valence-electron chi connectivity index (χ0n) is 8.49. The van der Waals surface area contributed by atoms with Crippen molar-refractivity contribution in [1.29, 1.82) is 0 Å². The van der Waals surface area contributed by atoms with Crippen LogP contribution in [0.25, 0.3) is 0 Å². The second-order valence-electron chi connectivity index (χ2n) is 2.92. The Labute approximate surface area is 84.8 Å². The van der Waals surface area contributed by atoms with Gasteiger partial charge < -0.3 is 10.1 Å². The van der Waals surface area contributed by atoms with E-state index in [4.69, 9.17) is 4.74 Å². The third kappa shape index (κ3) is 3.58. The fourth-order valence-electron chi connectivity index (χ4n) is 1.06. The Morgan fingerprint density at radius 1 is 1.57 bits per heavy atom. The van der Waals surface area contributed by atoms with Gasteiger partial charge in [0, 0.05) is 12.6 Å². The molecule has 0 amide bonds. The Balaban J connectivity index is 2.50. The average molecular weight is 192 g/mol. The van der Waals surface area contributed by atoms with E-state index in [1.807, 2.05) is 31.3 Å². The lowest BCUT2D eigenvalue weighted by atomic mass is 10.3. The number of aromatic nitrogens is 1. The molecular formula is C11H16N2O. The highest BCUT2D eigenvalue weighted by atomic mass is 16.5. The summed E-state index contributed by atoms with van der Waals surface area (Å²) in [4.78, 5) is 4.32. The highest BCUT2D eigenvalue weighted by Crippen LogP contribution is 2.07. The second kappa shape index (κ2) is 6.16. The van der Waals surface area contributed by atoms with Crippen LogP contribution in [0, 0.1) is 0 Å². The van der Waals surface area contributed by atoms with Crippen molar-refractivity contribution in [2.75, 3.05) is 13.7 Å². The molecule has 0 bridgehead atoms. The van der Waals surface area contributed by atoms with Gasteiger partial charge in [0.2, 0.25) is 5.88 Å². The summed E-state index contributed by atoms with van der Waals surface area (Å²) in [5.41, 5.74) is 0.989. The summed E-state index contributed by atoms with van der Waals surface area (Å²) in [6.45, 7) is 5.03. The van der Waals surface area contributed by atoms with Crippen molar-refractivity contribution in [3.63, 3.8) is 0 Å². The zero-order chi connectivity index (χ0) is 10.2. The van der Waals surface area contributed by atoms with Gasteiger partial charge in [-0.3, -0.25) is 0 Å². The summed E-state index contributed by atoms with van der Waals surface area (Å²) < 4.78 is 5.42. The second-order valence-corrected chi connectivity index (χ2v) is 2.92. The quantitative estimate of drug-likeness (QED) is 0.551. The number of hydrogen-bond acceptors (Lipinski definition) is 3. The van der Waals surface area contributed by atoms with E-state index in [2.05, 4.69) is 16.9 Å². The van der Waals surface area contributed by atoms with Crippen molar-refractivity contribution in [1.82, 2.24) is 10.3 Å². The molecule has 0 fully saturated rings. The average Bonchev–Trinajstić information content (AvgIpc) is 2.19. The molecule has 0 aliphatic carbocycles. The molecule has 0 aliphatic heterocycles. The minimum absolute atomic E-state index is 0.638. The van der Waals surface area contributed by atoms with Gasteiger partial charge in [0.05, 0.1) is 12.3 Å². The SMILES string of the molecule is C=CCCOc1cccc(CNC)n1. The van der Waals surface area contributed by atoms with Gasteiger partial charge in [-0.25, -0.2) is 4.98 Å². The number of ether oxygens (including phenoxy) is 1. The number of rotatable bonds is 6. The summed E-state index contributed by atoms with van der Waals surface area (Å²) in [6.07, 6.45) is 2.68. The van der Waals surface area contributed by atoms with Gasteiger partial charge in [-0.2, -0.15) is 0 Å². The molecular weight excluding hydrogens is 176 g/mol. The molecule has 0 unspecified atom stereocenters. The van der Waals surface area contributed by atoms with Crippen molar-refractivity contribution >= 4 is 0 Å². The Morgan fingerprint density at radius 2 is 2.43 bits per heavy atom. The molecule has 3 heteroatoms. The van der Waals surface area contributed by atoms with E-state index in [9.17, 15) is 0 Å². The Morgan fingerprint density at radius 3 is 3.14 bits per heavy atom. The number of nitrogens with one attached hydrogen (secondary N) is 1. The van der Waals surface area contributed by atoms with Crippen LogP contribution < -0.4 is 10.1 Å². The minimum Gasteiger partial charge on any atom is -0.477 e. The normalized spacial score (nSPS) is 9.79. The van der Waals surface area contributed by atoms with E-state index in [0.717, 1.165) is 18.7 Å². The standard InChI is InChI=1S/C11H16N2O/c1-3-4-8-14-11-7-5-6-10(13-11)9-12-2/h3,5-7,12H,1,4,8-9H2,2H3. The van der Waals surface area contributed by atoms with Crippen LogP contribution in [-0.2, 0) is 6.54 Å². The lowest BCUT2D eigenvalue weighted by Crippen LogP contribution is -2.07. The van der Waals surface area contributed by atoms with Gasteiger partial charge in [-0.05, 0) is 19.5 Å². The maximum absolute atomic E-state index is 5.42. The first kappa shape index (κ1) is 10.7. The largest absolute Gasteiger partial charge is 0.477 e. The molecule has 76 valence electrons. The van der Waals surface area contributed by atoms with Crippen LogP contribution in [0.1, 0.15) is 12.1 Å². The van der Waals surface area contributed by atoms with E-state index in [1.54, 1.807) is 0 Å². The predicted molar refractivity (Wildman–Crippen MR) is 57.3 cm³/mol. The van der Waals surface area contributed by atoms with E-state index in [-0.39, 0.29) is 0 Å². The Bertz CT molecular complexity index is 286. The highest BCUT2D eigenvalue weighted by Gasteiger charge is 1.96. The molecule has 0 saturated heterocycles. The van der Waals surface area contributed by atoms with E-state index < -0.39 is 0 Å². The lowest BCUT2D eigenvalue weighted by Gasteiger charge is -2.05. The highest BCUT2D eigenvalue weighted by molar-refractivity contribution is 5.15. The smallest absolute Gasteiger partial charge is 0.213 e. The molecule has 0 radical (unpaired) electrons. The summed E-state index contributed by atoms with van der Waals surface area (Å²) >= 11 is 0. The van der Waals surface area contributed by atoms with E-state index in [0.29, 0.717) is 12.5 Å². The predicted octanol–water partition coefficient (Wildman–Crippen LogP) is 1.76. The summed E-state index contributed by atoms with van der Waals surface area (Å²) in [5, 5.41) is 3.04. The molecule has 0 aromatic carbocycles. The fraction of sp³-hybridized carbons (Fsp3) is 0.364. The molecule has 1 heterocycles. The molecule has 14 heavy (non-hydrogen) atoms. The Kier molecular flexibility index (Phi) is 4.72. The summed E-state index contributed by atoms with van der Waals surface area (Å²) in [6, 6.07) is 5.78. The van der Waals surface area contributed by atoms with Crippen LogP contribution in [-0.4, -0.2) is 18.6 Å². The molecule has 0 aliphatic rings. The molecule has 1 N–H and O–H groups in total. The van der Waals surface area contributed by atoms with Gasteiger partial charge in [0.1, 0.15) is 0 Å². The molecule has 1 aromatic heterocycles. The first-order chi connectivity index (χ1) is 6.86. The minimum atomic E-state index is 0.638. The third-order valence-electron chi connectivity index (χ3n) is 1.71. The molecule has 1 aromatic rings. The van der Waals surface area contributed by atoms with E-state index in [1.165, 1.54) is 0 Å². The molecule has 0 saturated carbocycles. The Hall–Kier alpha value is -1.35. The molecule has 1 rings (SSSR count). The van der Waals surface area contributed by atoms with Crippen LogP contribution in [0.15, 0.2) is 30.9 Å². The van der Waals surface area contributed by atoms with Gasteiger partial charge in [0.25, 0.3) is 0 Å². The van der Waals surface area contributed by atoms with Crippen LogP contribution in [0.5, 0.6) is 5.88 Å². The number of hydrogen-bond donors (Lipinski definition) is 1. The summed E-state index contributed by atoms with van der Waals surface area (Å²) in [7, 11) is 1.90.